The Labute approximate surface area is 105 Å². The Morgan fingerprint density at radius 3 is 2.82 bits per heavy atom. The first-order valence-corrected chi connectivity index (χ1v) is 6.62. The fraction of sp³-hybridized carbons (Fsp3) is 0.385. The zero-order chi connectivity index (χ0) is 12.4. The molecule has 0 amide bonds. The van der Waals surface area contributed by atoms with Gasteiger partial charge in [-0.05, 0) is 19.1 Å². The van der Waals surface area contributed by atoms with Crippen LogP contribution in [-0.4, -0.2) is 20.6 Å². The second kappa shape index (κ2) is 4.92. The lowest BCUT2D eigenvalue weighted by atomic mass is 10.2. The number of ketones is 1. The van der Waals surface area contributed by atoms with Gasteiger partial charge in [0.1, 0.15) is 5.78 Å². The first-order chi connectivity index (χ1) is 8.13. The van der Waals surface area contributed by atoms with E-state index >= 15 is 0 Å². The molecule has 0 radical (unpaired) electrons. The van der Waals surface area contributed by atoms with Crippen LogP contribution in [0.3, 0.4) is 0 Å². The number of nitrogens with zero attached hydrogens (tertiary/aromatic N) is 2. The van der Waals surface area contributed by atoms with Crippen molar-refractivity contribution in [3.05, 3.63) is 24.3 Å². The Balaban J connectivity index is 2.30. The Hall–Kier alpha value is -1.29. The molecule has 2 aromatic rings. The summed E-state index contributed by atoms with van der Waals surface area (Å²) in [6.45, 7) is 3.84. The predicted octanol–water partition coefficient (Wildman–Crippen LogP) is 3.03. The monoisotopic (exact) mass is 248 g/mol. The highest BCUT2D eigenvalue weighted by molar-refractivity contribution is 8.00. The van der Waals surface area contributed by atoms with Crippen LogP contribution in [0.1, 0.15) is 20.3 Å². The van der Waals surface area contributed by atoms with Gasteiger partial charge in [0.05, 0.1) is 16.3 Å². The van der Waals surface area contributed by atoms with Gasteiger partial charge in [-0.1, -0.05) is 30.8 Å². The summed E-state index contributed by atoms with van der Waals surface area (Å²) < 4.78 is 2.04. The summed E-state index contributed by atoms with van der Waals surface area (Å²) in [7, 11) is 1.99. The molecular formula is C13H16N2OS. The van der Waals surface area contributed by atoms with Crippen molar-refractivity contribution >= 4 is 28.6 Å². The third-order valence-electron chi connectivity index (χ3n) is 2.83. The largest absolute Gasteiger partial charge is 0.322 e. The van der Waals surface area contributed by atoms with Gasteiger partial charge >= 0.3 is 0 Å². The van der Waals surface area contributed by atoms with Crippen LogP contribution in [0.2, 0.25) is 0 Å². The van der Waals surface area contributed by atoms with E-state index in [0.717, 1.165) is 16.2 Å². The van der Waals surface area contributed by atoms with Gasteiger partial charge in [0.2, 0.25) is 0 Å². The molecule has 4 heteroatoms. The Morgan fingerprint density at radius 1 is 1.47 bits per heavy atom. The standard InChI is InChI=1S/C13H16N2OS/c1-4-12(16)9(2)17-13-14-10-7-5-6-8-11(10)15(13)3/h5-9H,4H2,1-3H3. The molecule has 0 saturated heterocycles. The van der Waals surface area contributed by atoms with Crippen molar-refractivity contribution in [3.8, 4) is 0 Å². The minimum absolute atomic E-state index is 0.0319. The summed E-state index contributed by atoms with van der Waals surface area (Å²) in [4.78, 5) is 16.1. The molecule has 1 unspecified atom stereocenters. The maximum Gasteiger partial charge on any atom is 0.169 e. The molecule has 1 aromatic heterocycles. The summed E-state index contributed by atoms with van der Waals surface area (Å²) in [6.07, 6.45) is 0.581. The quantitative estimate of drug-likeness (QED) is 0.780. The normalized spacial score (nSPS) is 12.9. The average Bonchev–Trinajstić information content (AvgIpc) is 2.66. The zero-order valence-electron chi connectivity index (χ0n) is 10.3. The van der Waals surface area contributed by atoms with Gasteiger partial charge < -0.3 is 4.57 Å². The van der Waals surface area contributed by atoms with E-state index in [-0.39, 0.29) is 11.0 Å². The van der Waals surface area contributed by atoms with Gasteiger partial charge in [-0.2, -0.15) is 0 Å². The van der Waals surface area contributed by atoms with E-state index in [0.29, 0.717) is 6.42 Å². The van der Waals surface area contributed by atoms with Crippen molar-refractivity contribution in [2.24, 2.45) is 7.05 Å². The SMILES string of the molecule is CCC(=O)C(C)Sc1nc2ccccc2n1C. The number of hydrogen-bond acceptors (Lipinski definition) is 3. The summed E-state index contributed by atoms with van der Waals surface area (Å²) in [5.74, 6) is 0.266. The third kappa shape index (κ3) is 2.36. The summed E-state index contributed by atoms with van der Waals surface area (Å²) in [5, 5.41) is 0.871. The van der Waals surface area contributed by atoms with Crippen molar-refractivity contribution in [3.63, 3.8) is 0 Å². The smallest absolute Gasteiger partial charge is 0.169 e. The zero-order valence-corrected chi connectivity index (χ0v) is 11.1. The van der Waals surface area contributed by atoms with E-state index < -0.39 is 0 Å². The number of imidazole rings is 1. The number of fused-ring (bicyclic) bond motifs is 1. The van der Waals surface area contributed by atoms with Gasteiger partial charge in [0.15, 0.2) is 5.16 Å². The molecule has 0 saturated carbocycles. The van der Waals surface area contributed by atoms with Crippen molar-refractivity contribution < 1.29 is 4.79 Å². The maximum absolute atomic E-state index is 11.6. The molecule has 2 rings (SSSR count). The van der Waals surface area contributed by atoms with Crippen molar-refractivity contribution in [1.29, 1.82) is 0 Å². The van der Waals surface area contributed by atoms with Crippen LogP contribution in [0.5, 0.6) is 0 Å². The molecule has 3 nitrogen and oxygen atoms in total. The van der Waals surface area contributed by atoms with Gasteiger partial charge in [-0.25, -0.2) is 4.98 Å². The second-order valence-electron chi connectivity index (χ2n) is 4.02. The number of hydrogen-bond donors (Lipinski definition) is 0. The van der Waals surface area contributed by atoms with Crippen molar-refractivity contribution in [2.45, 2.75) is 30.7 Å². The number of para-hydroxylation sites is 2. The minimum atomic E-state index is -0.0319. The number of rotatable bonds is 4. The molecule has 1 aromatic carbocycles. The molecule has 0 aliphatic heterocycles. The van der Waals surface area contributed by atoms with E-state index in [9.17, 15) is 4.79 Å². The number of aromatic nitrogens is 2. The number of Topliss-reactive ketones (excluding diaryl/α,β-unsaturated/α-hetero) is 1. The molecule has 0 aliphatic carbocycles. The molecule has 1 atom stereocenters. The first kappa shape index (κ1) is 12.2. The van der Waals surface area contributed by atoms with Crippen LogP contribution in [0.4, 0.5) is 0 Å². The van der Waals surface area contributed by atoms with Gasteiger partial charge in [-0.3, -0.25) is 4.79 Å². The molecule has 0 bridgehead atoms. The van der Waals surface area contributed by atoms with Crippen LogP contribution in [0, 0.1) is 0 Å². The molecule has 17 heavy (non-hydrogen) atoms. The number of carbonyl (C=O) groups excluding carboxylic acids is 1. The Bertz CT molecular complexity index is 547. The van der Waals surface area contributed by atoms with Crippen molar-refractivity contribution in [1.82, 2.24) is 9.55 Å². The minimum Gasteiger partial charge on any atom is -0.322 e. The number of thioether (sulfide) groups is 1. The summed E-state index contributed by atoms with van der Waals surface area (Å²) in [5.41, 5.74) is 2.08. The van der Waals surface area contributed by atoms with Crippen LogP contribution in [0.25, 0.3) is 11.0 Å². The van der Waals surface area contributed by atoms with E-state index in [1.807, 2.05) is 49.7 Å². The molecule has 0 N–H and O–H groups in total. The van der Waals surface area contributed by atoms with Crippen LogP contribution >= 0.6 is 11.8 Å². The fourth-order valence-corrected chi connectivity index (χ4v) is 2.76. The molecular weight excluding hydrogens is 232 g/mol. The third-order valence-corrected chi connectivity index (χ3v) is 4.02. The molecule has 0 fully saturated rings. The first-order valence-electron chi connectivity index (χ1n) is 5.74. The fourth-order valence-electron chi connectivity index (χ4n) is 1.74. The predicted molar refractivity (Wildman–Crippen MR) is 71.3 cm³/mol. The Morgan fingerprint density at radius 2 is 2.18 bits per heavy atom. The van der Waals surface area contributed by atoms with Crippen molar-refractivity contribution in [2.75, 3.05) is 0 Å². The number of aryl methyl sites for hydroxylation is 1. The van der Waals surface area contributed by atoms with Crippen LogP contribution < -0.4 is 0 Å². The summed E-state index contributed by atoms with van der Waals surface area (Å²) >= 11 is 1.53. The van der Waals surface area contributed by atoms with Gasteiger partial charge in [0, 0.05) is 13.5 Å². The van der Waals surface area contributed by atoms with Crippen LogP contribution in [0.15, 0.2) is 29.4 Å². The lowest BCUT2D eigenvalue weighted by molar-refractivity contribution is -0.118. The van der Waals surface area contributed by atoms with E-state index in [2.05, 4.69) is 4.98 Å². The van der Waals surface area contributed by atoms with E-state index in [4.69, 9.17) is 0 Å². The second-order valence-corrected chi connectivity index (χ2v) is 5.33. The lowest BCUT2D eigenvalue weighted by Gasteiger charge is -2.08. The summed E-state index contributed by atoms with van der Waals surface area (Å²) in [6, 6.07) is 8.01. The maximum atomic E-state index is 11.6. The highest BCUT2D eigenvalue weighted by Gasteiger charge is 2.16. The lowest BCUT2D eigenvalue weighted by Crippen LogP contribution is -2.12. The van der Waals surface area contributed by atoms with E-state index in [1.165, 1.54) is 11.8 Å². The molecule has 0 spiro atoms. The molecule has 1 heterocycles. The Kier molecular flexibility index (Phi) is 3.52. The molecule has 90 valence electrons. The van der Waals surface area contributed by atoms with Gasteiger partial charge in [0.25, 0.3) is 0 Å². The molecule has 0 aliphatic rings. The number of benzene rings is 1. The average molecular weight is 248 g/mol. The highest BCUT2D eigenvalue weighted by Crippen LogP contribution is 2.26. The topological polar surface area (TPSA) is 34.9 Å². The van der Waals surface area contributed by atoms with Crippen LogP contribution in [-0.2, 0) is 11.8 Å². The highest BCUT2D eigenvalue weighted by atomic mass is 32.2. The number of carbonyl (C=O) groups is 1. The van der Waals surface area contributed by atoms with E-state index in [1.54, 1.807) is 0 Å². The van der Waals surface area contributed by atoms with Gasteiger partial charge in [-0.15, -0.1) is 0 Å².